The molecule has 5 nitrogen and oxygen atoms in total. The van der Waals surface area contributed by atoms with Crippen molar-refractivity contribution in [2.75, 3.05) is 13.6 Å². The monoisotopic (exact) mass is 284 g/mol. The number of likely N-dealkylation sites (N-methyl/N-ethyl adjacent to an activating group) is 1. The van der Waals surface area contributed by atoms with Crippen LogP contribution in [0, 0.1) is 0 Å². The molecule has 1 saturated carbocycles. The van der Waals surface area contributed by atoms with Crippen molar-refractivity contribution in [2.24, 2.45) is 0 Å². The predicted molar refractivity (Wildman–Crippen MR) is 82.1 cm³/mol. The molecule has 2 aromatic rings. The summed E-state index contributed by atoms with van der Waals surface area (Å²) < 4.78 is 0. The molecule has 5 heteroatoms. The van der Waals surface area contributed by atoms with Crippen LogP contribution in [0.4, 0.5) is 0 Å². The zero-order chi connectivity index (χ0) is 14.8. The van der Waals surface area contributed by atoms with Crippen LogP contribution >= 0.6 is 0 Å². The van der Waals surface area contributed by atoms with Crippen LogP contribution in [0.3, 0.4) is 0 Å². The molecule has 0 spiro atoms. The minimum Gasteiger partial charge on any atom is -0.349 e. The van der Waals surface area contributed by atoms with E-state index >= 15 is 0 Å². The zero-order valence-electron chi connectivity index (χ0n) is 12.4. The van der Waals surface area contributed by atoms with Crippen molar-refractivity contribution < 1.29 is 4.79 Å². The summed E-state index contributed by atoms with van der Waals surface area (Å²) in [4.78, 5) is 22.9. The van der Waals surface area contributed by atoms with Gasteiger partial charge in [0.15, 0.2) is 0 Å². The fourth-order valence-electron chi connectivity index (χ4n) is 2.41. The van der Waals surface area contributed by atoms with E-state index in [1.807, 2.05) is 12.1 Å². The first-order valence-corrected chi connectivity index (χ1v) is 7.36. The number of nitrogens with one attached hydrogen (secondary N) is 1. The van der Waals surface area contributed by atoms with Crippen molar-refractivity contribution in [2.45, 2.75) is 31.8 Å². The molecule has 0 unspecified atom stereocenters. The quantitative estimate of drug-likeness (QED) is 0.910. The summed E-state index contributed by atoms with van der Waals surface area (Å²) >= 11 is 0. The Morgan fingerprint density at radius 3 is 3.00 bits per heavy atom. The van der Waals surface area contributed by atoms with Crippen molar-refractivity contribution in [1.29, 1.82) is 0 Å². The molecule has 0 aromatic carbocycles. The molecule has 0 aliphatic heterocycles. The molecule has 1 atom stereocenters. The van der Waals surface area contributed by atoms with Gasteiger partial charge in [-0.25, -0.2) is 4.98 Å². The van der Waals surface area contributed by atoms with Gasteiger partial charge in [-0.3, -0.25) is 14.7 Å². The SMILES string of the molecule is C[C@@H](CNC(=O)c1ccc2cnccc2n1)N(C)C1CC1. The van der Waals surface area contributed by atoms with Crippen molar-refractivity contribution in [3.8, 4) is 0 Å². The summed E-state index contributed by atoms with van der Waals surface area (Å²) in [5.74, 6) is -0.121. The van der Waals surface area contributed by atoms with Gasteiger partial charge in [-0.15, -0.1) is 0 Å². The molecular formula is C16H20N4O. The molecule has 21 heavy (non-hydrogen) atoms. The topological polar surface area (TPSA) is 58.1 Å². The normalized spacial score (nSPS) is 16.1. The van der Waals surface area contributed by atoms with Crippen molar-refractivity contribution >= 4 is 16.8 Å². The van der Waals surface area contributed by atoms with Gasteiger partial charge in [-0.1, -0.05) is 0 Å². The lowest BCUT2D eigenvalue weighted by Crippen LogP contribution is -2.41. The molecule has 1 amide bonds. The highest BCUT2D eigenvalue weighted by atomic mass is 16.1. The maximum atomic E-state index is 12.2. The van der Waals surface area contributed by atoms with Gasteiger partial charge >= 0.3 is 0 Å². The maximum Gasteiger partial charge on any atom is 0.269 e. The number of nitrogens with zero attached hydrogens (tertiary/aromatic N) is 3. The highest BCUT2D eigenvalue weighted by Crippen LogP contribution is 2.26. The van der Waals surface area contributed by atoms with Crippen LogP contribution in [0.15, 0.2) is 30.6 Å². The largest absolute Gasteiger partial charge is 0.349 e. The summed E-state index contributed by atoms with van der Waals surface area (Å²) in [5.41, 5.74) is 1.25. The van der Waals surface area contributed by atoms with E-state index in [0.29, 0.717) is 24.3 Å². The van der Waals surface area contributed by atoms with Crippen molar-refractivity contribution in [3.63, 3.8) is 0 Å². The van der Waals surface area contributed by atoms with Gasteiger partial charge in [0.1, 0.15) is 5.69 Å². The van der Waals surface area contributed by atoms with E-state index in [0.717, 1.165) is 10.9 Å². The fraction of sp³-hybridized carbons (Fsp3) is 0.438. The van der Waals surface area contributed by atoms with Crippen LogP contribution in [-0.2, 0) is 0 Å². The molecular weight excluding hydrogens is 264 g/mol. The lowest BCUT2D eigenvalue weighted by molar-refractivity contribution is 0.0935. The Kier molecular flexibility index (Phi) is 3.84. The average Bonchev–Trinajstić information content (AvgIpc) is 3.35. The van der Waals surface area contributed by atoms with E-state index in [2.05, 4.69) is 34.2 Å². The van der Waals surface area contributed by atoms with Crippen LogP contribution in [0.5, 0.6) is 0 Å². The third-order valence-electron chi connectivity index (χ3n) is 4.10. The Morgan fingerprint density at radius 2 is 2.24 bits per heavy atom. The van der Waals surface area contributed by atoms with Crippen molar-refractivity contribution in [3.05, 3.63) is 36.3 Å². The van der Waals surface area contributed by atoms with Gasteiger partial charge in [0.2, 0.25) is 0 Å². The van der Waals surface area contributed by atoms with Crippen LogP contribution in [0.2, 0.25) is 0 Å². The molecule has 2 aromatic heterocycles. The highest BCUT2D eigenvalue weighted by Gasteiger charge is 2.29. The molecule has 110 valence electrons. The third-order valence-corrected chi connectivity index (χ3v) is 4.10. The van der Waals surface area contributed by atoms with Crippen LogP contribution in [0.1, 0.15) is 30.3 Å². The molecule has 2 heterocycles. The van der Waals surface area contributed by atoms with Gasteiger partial charge in [0, 0.05) is 36.4 Å². The summed E-state index contributed by atoms with van der Waals surface area (Å²) in [6, 6.07) is 6.48. The number of amides is 1. The van der Waals surface area contributed by atoms with Gasteiger partial charge < -0.3 is 5.32 Å². The van der Waals surface area contributed by atoms with Crippen molar-refractivity contribution in [1.82, 2.24) is 20.2 Å². The summed E-state index contributed by atoms with van der Waals surface area (Å²) in [6.07, 6.45) is 5.98. The lowest BCUT2D eigenvalue weighted by atomic mass is 10.2. The first kappa shape index (κ1) is 13.9. The van der Waals surface area contributed by atoms with E-state index in [-0.39, 0.29) is 5.91 Å². The maximum absolute atomic E-state index is 12.2. The van der Waals surface area contributed by atoms with Gasteiger partial charge in [-0.2, -0.15) is 0 Å². The Morgan fingerprint density at radius 1 is 1.43 bits per heavy atom. The summed E-state index contributed by atoms with van der Waals surface area (Å²) in [5, 5.41) is 3.91. The third kappa shape index (κ3) is 3.19. The minimum atomic E-state index is -0.121. The molecule has 1 aliphatic rings. The zero-order valence-corrected chi connectivity index (χ0v) is 12.4. The summed E-state index contributed by atoms with van der Waals surface area (Å²) in [6.45, 7) is 2.78. The molecule has 1 aliphatic carbocycles. The van der Waals surface area contributed by atoms with E-state index in [4.69, 9.17) is 0 Å². The first-order valence-electron chi connectivity index (χ1n) is 7.36. The van der Waals surface area contributed by atoms with Gasteiger partial charge in [-0.05, 0) is 45.0 Å². The number of pyridine rings is 2. The number of aromatic nitrogens is 2. The molecule has 1 N–H and O–H groups in total. The van der Waals surface area contributed by atoms with Gasteiger partial charge in [0.05, 0.1) is 5.52 Å². The second-order valence-corrected chi connectivity index (χ2v) is 5.72. The van der Waals surface area contributed by atoms with Crippen LogP contribution in [-0.4, -0.2) is 46.5 Å². The van der Waals surface area contributed by atoms with Crippen LogP contribution in [0.25, 0.3) is 10.9 Å². The number of carbonyl (C=O) groups is 1. The average molecular weight is 284 g/mol. The Labute approximate surface area is 124 Å². The van der Waals surface area contributed by atoms with E-state index in [1.165, 1.54) is 12.8 Å². The van der Waals surface area contributed by atoms with Crippen LogP contribution < -0.4 is 5.32 Å². The molecule has 0 bridgehead atoms. The van der Waals surface area contributed by atoms with E-state index in [1.54, 1.807) is 18.5 Å². The first-order chi connectivity index (χ1) is 10.1. The molecule has 0 radical (unpaired) electrons. The number of hydrogen-bond donors (Lipinski definition) is 1. The standard InChI is InChI=1S/C16H20N4O/c1-11(20(2)13-4-5-13)9-18-16(21)15-6-3-12-10-17-8-7-14(12)19-15/h3,6-8,10-11,13H,4-5,9H2,1-2H3,(H,18,21)/t11-/m0/s1. The van der Waals surface area contributed by atoms with Gasteiger partial charge in [0.25, 0.3) is 5.91 Å². The minimum absolute atomic E-state index is 0.121. The Balaban J connectivity index is 1.63. The smallest absolute Gasteiger partial charge is 0.269 e. The number of rotatable bonds is 5. The second-order valence-electron chi connectivity index (χ2n) is 5.72. The summed E-state index contributed by atoms with van der Waals surface area (Å²) in [7, 11) is 2.12. The molecule has 3 rings (SSSR count). The number of fused-ring (bicyclic) bond motifs is 1. The Bertz CT molecular complexity index is 654. The molecule has 0 saturated heterocycles. The highest BCUT2D eigenvalue weighted by molar-refractivity contribution is 5.94. The number of carbonyl (C=O) groups excluding carboxylic acids is 1. The van der Waals surface area contributed by atoms with E-state index < -0.39 is 0 Å². The Hall–Kier alpha value is -2.01. The predicted octanol–water partition coefficient (Wildman–Crippen LogP) is 1.84. The van der Waals surface area contributed by atoms with E-state index in [9.17, 15) is 4.79 Å². The molecule has 1 fully saturated rings. The number of hydrogen-bond acceptors (Lipinski definition) is 4. The lowest BCUT2D eigenvalue weighted by Gasteiger charge is -2.24. The second kappa shape index (κ2) is 5.77. The fourth-order valence-corrected chi connectivity index (χ4v) is 2.41.